The number of carbonyl (C=O) groups excluding carboxylic acids is 2. The van der Waals surface area contributed by atoms with Crippen molar-refractivity contribution in [3.05, 3.63) is 29.8 Å². The van der Waals surface area contributed by atoms with Gasteiger partial charge in [0.2, 0.25) is 5.91 Å². The number of carbonyl (C=O) groups is 2. The number of benzene rings is 1. The minimum atomic E-state index is 0.101. The molecule has 1 fully saturated rings. The summed E-state index contributed by atoms with van der Waals surface area (Å²) in [7, 11) is 0. The lowest BCUT2D eigenvalue weighted by Crippen LogP contribution is -2.24. The number of thioether (sulfide) groups is 1. The maximum atomic E-state index is 11.9. The molecule has 1 heterocycles. The van der Waals surface area contributed by atoms with Gasteiger partial charge in [-0.25, -0.2) is 0 Å². The van der Waals surface area contributed by atoms with Crippen LogP contribution in [0, 0.1) is 5.92 Å². The quantitative estimate of drug-likeness (QED) is 0.916. The van der Waals surface area contributed by atoms with Crippen molar-refractivity contribution in [1.29, 1.82) is 0 Å². The molecule has 4 nitrogen and oxygen atoms in total. The van der Waals surface area contributed by atoms with E-state index < -0.39 is 0 Å². The van der Waals surface area contributed by atoms with Crippen LogP contribution in [0.5, 0.6) is 5.75 Å². The van der Waals surface area contributed by atoms with Crippen molar-refractivity contribution in [2.75, 3.05) is 12.3 Å². The third-order valence-electron chi connectivity index (χ3n) is 3.13. The summed E-state index contributed by atoms with van der Waals surface area (Å²) in [6.07, 6.45) is 0.526. The van der Waals surface area contributed by atoms with E-state index >= 15 is 0 Å². The minimum Gasteiger partial charge on any atom is -0.508 e. The molecule has 1 aliphatic rings. The Bertz CT molecular complexity index is 472. The molecule has 1 saturated heterocycles. The second-order valence-corrected chi connectivity index (χ2v) is 6.01. The Kier molecular flexibility index (Phi) is 4.47. The standard InChI is InChI=1S/C14H17NO3S/c1-10(16)19-9-12-6-14(18)15(8-12)7-11-2-4-13(17)5-3-11/h2-5,12,17H,6-9H2,1H3. The second kappa shape index (κ2) is 6.10. The summed E-state index contributed by atoms with van der Waals surface area (Å²) in [6.45, 7) is 2.83. The molecule has 0 radical (unpaired) electrons. The summed E-state index contributed by atoms with van der Waals surface area (Å²) < 4.78 is 0. The topological polar surface area (TPSA) is 57.6 Å². The van der Waals surface area contributed by atoms with Gasteiger partial charge in [0.1, 0.15) is 5.75 Å². The number of aromatic hydroxyl groups is 1. The zero-order valence-corrected chi connectivity index (χ0v) is 11.7. The first-order valence-electron chi connectivity index (χ1n) is 6.23. The third-order valence-corrected chi connectivity index (χ3v) is 4.17. The van der Waals surface area contributed by atoms with Crippen LogP contribution in [0.25, 0.3) is 0 Å². The van der Waals surface area contributed by atoms with E-state index in [4.69, 9.17) is 0 Å². The Morgan fingerprint density at radius 2 is 2.11 bits per heavy atom. The van der Waals surface area contributed by atoms with Crippen LogP contribution >= 0.6 is 11.8 Å². The molecule has 0 spiro atoms. The van der Waals surface area contributed by atoms with Gasteiger partial charge in [-0.3, -0.25) is 9.59 Å². The number of hydrogen-bond acceptors (Lipinski definition) is 4. The molecule has 0 saturated carbocycles. The van der Waals surface area contributed by atoms with Crippen molar-refractivity contribution in [2.24, 2.45) is 5.92 Å². The van der Waals surface area contributed by atoms with Gasteiger partial charge in [0, 0.05) is 32.2 Å². The number of nitrogens with zero attached hydrogens (tertiary/aromatic N) is 1. The second-order valence-electron chi connectivity index (χ2n) is 4.81. The lowest BCUT2D eigenvalue weighted by Gasteiger charge is -2.16. The van der Waals surface area contributed by atoms with E-state index in [2.05, 4.69) is 0 Å². The Labute approximate surface area is 116 Å². The molecule has 1 aromatic rings. The highest BCUT2D eigenvalue weighted by molar-refractivity contribution is 8.13. The Hall–Kier alpha value is -1.49. The molecule has 0 aromatic heterocycles. The molecule has 1 unspecified atom stereocenters. The van der Waals surface area contributed by atoms with Crippen molar-refractivity contribution in [1.82, 2.24) is 4.90 Å². The molecule has 5 heteroatoms. The SMILES string of the molecule is CC(=O)SCC1CC(=O)N(Cc2ccc(O)cc2)C1. The lowest BCUT2D eigenvalue weighted by molar-refractivity contribution is -0.128. The van der Waals surface area contributed by atoms with E-state index in [1.54, 1.807) is 19.1 Å². The van der Waals surface area contributed by atoms with E-state index in [1.807, 2.05) is 17.0 Å². The summed E-state index contributed by atoms with van der Waals surface area (Å²) in [6, 6.07) is 6.89. The van der Waals surface area contributed by atoms with Crippen LogP contribution in [0.3, 0.4) is 0 Å². The minimum absolute atomic E-state index is 0.101. The highest BCUT2D eigenvalue weighted by Crippen LogP contribution is 2.24. The maximum absolute atomic E-state index is 11.9. The van der Waals surface area contributed by atoms with Crippen molar-refractivity contribution in [3.63, 3.8) is 0 Å². The first-order chi connectivity index (χ1) is 9.04. The molecule has 19 heavy (non-hydrogen) atoms. The predicted molar refractivity (Wildman–Crippen MR) is 74.8 cm³/mol. The van der Waals surface area contributed by atoms with E-state index in [0.717, 1.165) is 5.56 Å². The van der Waals surface area contributed by atoms with Crippen LogP contribution in [0.15, 0.2) is 24.3 Å². The number of phenols is 1. The zero-order valence-electron chi connectivity index (χ0n) is 10.8. The highest BCUT2D eigenvalue weighted by atomic mass is 32.2. The number of hydrogen-bond donors (Lipinski definition) is 1. The van der Waals surface area contributed by atoms with Gasteiger partial charge in [0.05, 0.1) is 0 Å². The summed E-state index contributed by atoms with van der Waals surface area (Å²) in [5, 5.41) is 9.32. The van der Waals surface area contributed by atoms with Crippen LogP contribution in [0.4, 0.5) is 0 Å². The monoisotopic (exact) mass is 279 g/mol. The van der Waals surface area contributed by atoms with Gasteiger partial charge in [-0.1, -0.05) is 23.9 Å². The molecule has 1 N–H and O–H groups in total. The van der Waals surface area contributed by atoms with Gasteiger partial charge < -0.3 is 10.0 Å². The number of likely N-dealkylation sites (tertiary alicyclic amines) is 1. The van der Waals surface area contributed by atoms with Crippen molar-refractivity contribution in [3.8, 4) is 5.75 Å². The Morgan fingerprint density at radius 3 is 2.74 bits per heavy atom. The van der Waals surface area contributed by atoms with Gasteiger partial charge in [0.25, 0.3) is 0 Å². The molecule has 1 amide bonds. The Balaban J connectivity index is 1.89. The lowest BCUT2D eigenvalue weighted by atomic mass is 10.1. The van der Waals surface area contributed by atoms with E-state index in [1.165, 1.54) is 11.8 Å². The van der Waals surface area contributed by atoms with E-state index in [0.29, 0.717) is 25.3 Å². The highest BCUT2D eigenvalue weighted by Gasteiger charge is 2.29. The first-order valence-corrected chi connectivity index (χ1v) is 7.22. The van der Waals surface area contributed by atoms with Crippen LogP contribution in [-0.4, -0.2) is 33.3 Å². The fourth-order valence-electron chi connectivity index (χ4n) is 2.18. The third kappa shape index (κ3) is 3.99. The Morgan fingerprint density at radius 1 is 1.42 bits per heavy atom. The molecule has 1 aromatic carbocycles. The molecule has 2 rings (SSSR count). The average molecular weight is 279 g/mol. The van der Waals surface area contributed by atoms with Crippen molar-refractivity contribution >= 4 is 22.8 Å². The molecule has 0 bridgehead atoms. The number of phenolic OH excluding ortho intramolecular Hbond substituents is 1. The summed E-state index contributed by atoms with van der Waals surface area (Å²) >= 11 is 1.29. The molecule has 0 aliphatic carbocycles. The molecule has 1 atom stereocenters. The summed E-state index contributed by atoms with van der Waals surface area (Å²) in [5.74, 6) is 1.35. The van der Waals surface area contributed by atoms with Gasteiger partial charge in [-0.05, 0) is 23.6 Å². The summed E-state index contributed by atoms with van der Waals surface area (Å²) in [5.41, 5.74) is 1.01. The van der Waals surface area contributed by atoms with Gasteiger partial charge >= 0.3 is 0 Å². The molecule has 102 valence electrons. The molecular formula is C14H17NO3S. The van der Waals surface area contributed by atoms with Gasteiger partial charge in [0.15, 0.2) is 5.12 Å². The smallest absolute Gasteiger partial charge is 0.223 e. The van der Waals surface area contributed by atoms with Crippen LogP contribution < -0.4 is 0 Å². The fourth-order valence-corrected chi connectivity index (χ4v) is 2.87. The predicted octanol–water partition coefficient (Wildman–Crippen LogP) is 2.02. The van der Waals surface area contributed by atoms with Gasteiger partial charge in [-0.15, -0.1) is 0 Å². The van der Waals surface area contributed by atoms with E-state index in [9.17, 15) is 14.7 Å². The largest absolute Gasteiger partial charge is 0.508 e. The van der Waals surface area contributed by atoms with Crippen LogP contribution in [0.1, 0.15) is 18.9 Å². The maximum Gasteiger partial charge on any atom is 0.223 e. The number of amides is 1. The zero-order chi connectivity index (χ0) is 13.8. The van der Waals surface area contributed by atoms with Crippen molar-refractivity contribution in [2.45, 2.75) is 19.9 Å². The van der Waals surface area contributed by atoms with Crippen LogP contribution in [-0.2, 0) is 16.1 Å². The van der Waals surface area contributed by atoms with Crippen molar-refractivity contribution < 1.29 is 14.7 Å². The first kappa shape index (κ1) is 13.9. The molecule has 1 aliphatic heterocycles. The fraction of sp³-hybridized carbons (Fsp3) is 0.429. The summed E-state index contributed by atoms with van der Waals surface area (Å²) in [4.78, 5) is 24.6. The molecular weight excluding hydrogens is 262 g/mol. The normalized spacial score (nSPS) is 18.9. The number of rotatable bonds is 4. The van der Waals surface area contributed by atoms with Gasteiger partial charge in [-0.2, -0.15) is 0 Å². The van der Waals surface area contributed by atoms with E-state index in [-0.39, 0.29) is 22.7 Å². The average Bonchev–Trinajstić information content (AvgIpc) is 2.71. The van der Waals surface area contributed by atoms with Crippen LogP contribution in [0.2, 0.25) is 0 Å².